The predicted octanol–water partition coefficient (Wildman–Crippen LogP) is 1.68. The lowest BCUT2D eigenvalue weighted by Gasteiger charge is -2.09. The van der Waals surface area contributed by atoms with Crippen molar-refractivity contribution < 1.29 is 14.3 Å². The second kappa shape index (κ2) is 5.22. The van der Waals surface area contributed by atoms with Gasteiger partial charge in [-0.25, -0.2) is 4.98 Å². The van der Waals surface area contributed by atoms with Crippen LogP contribution < -0.4 is 14.8 Å². The van der Waals surface area contributed by atoms with Crippen LogP contribution in [0.4, 0.5) is 5.69 Å². The molecule has 0 aliphatic heterocycles. The highest BCUT2D eigenvalue weighted by molar-refractivity contribution is 6.01. The first-order chi connectivity index (χ1) is 8.74. The standard InChI is InChI=1S/C12H13N3O3/c1-17-9-4-3-8(7-10(9)18-2)15-12(16)11-13-5-6-14-11/h3-7H,1-2H3,(H,13,14)(H,15,16). The molecule has 0 atom stereocenters. The molecular weight excluding hydrogens is 234 g/mol. The zero-order valence-electron chi connectivity index (χ0n) is 10.1. The topological polar surface area (TPSA) is 76.2 Å². The Morgan fingerprint density at radius 1 is 1.28 bits per heavy atom. The first kappa shape index (κ1) is 12.0. The van der Waals surface area contributed by atoms with Crippen molar-refractivity contribution >= 4 is 11.6 Å². The Kier molecular flexibility index (Phi) is 3.47. The minimum absolute atomic E-state index is 0.254. The molecule has 1 aromatic heterocycles. The maximum Gasteiger partial charge on any atom is 0.291 e. The Balaban J connectivity index is 2.17. The van der Waals surface area contributed by atoms with Crippen LogP contribution in [0.1, 0.15) is 10.6 Å². The van der Waals surface area contributed by atoms with Gasteiger partial charge in [-0.2, -0.15) is 0 Å². The van der Waals surface area contributed by atoms with Gasteiger partial charge in [-0.1, -0.05) is 0 Å². The number of aromatic amines is 1. The van der Waals surface area contributed by atoms with Crippen molar-refractivity contribution in [3.8, 4) is 11.5 Å². The number of nitrogens with one attached hydrogen (secondary N) is 2. The molecule has 1 aromatic carbocycles. The highest BCUT2D eigenvalue weighted by Gasteiger charge is 2.10. The van der Waals surface area contributed by atoms with E-state index in [1.807, 2.05) is 0 Å². The van der Waals surface area contributed by atoms with Crippen LogP contribution in [0, 0.1) is 0 Å². The molecule has 1 amide bonds. The molecule has 0 spiro atoms. The van der Waals surface area contributed by atoms with Crippen LogP contribution >= 0.6 is 0 Å². The summed E-state index contributed by atoms with van der Waals surface area (Å²) in [5.74, 6) is 1.10. The van der Waals surface area contributed by atoms with Crippen LogP contribution in [-0.2, 0) is 0 Å². The number of hydrogen-bond acceptors (Lipinski definition) is 4. The van der Waals surface area contributed by atoms with Crippen LogP contribution in [0.3, 0.4) is 0 Å². The van der Waals surface area contributed by atoms with Gasteiger partial charge in [-0.3, -0.25) is 4.79 Å². The summed E-state index contributed by atoms with van der Waals surface area (Å²) in [6, 6.07) is 5.12. The lowest BCUT2D eigenvalue weighted by Crippen LogP contribution is -2.13. The molecule has 0 bridgehead atoms. The number of carbonyl (C=O) groups is 1. The molecule has 2 N–H and O–H groups in total. The van der Waals surface area contributed by atoms with Gasteiger partial charge in [-0.05, 0) is 12.1 Å². The maximum absolute atomic E-state index is 11.8. The third-order valence-electron chi connectivity index (χ3n) is 2.35. The highest BCUT2D eigenvalue weighted by Crippen LogP contribution is 2.29. The van der Waals surface area contributed by atoms with E-state index in [0.29, 0.717) is 17.2 Å². The Bertz CT molecular complexity index is 538. The van der Waals surface area contributed by atoms with E-state index >= 15 is 0 Å². The van der Waals surface area contributed by atoms with Crippen molar-refractivity contribution in [3.05, 3.63) is 36.4 Å². The van der Waals surface area contributed by atoms with Crippen molar-refractivity contribution in [3.63, 3.8) is 0 Å². The number of rotatable bonds is 4. The molecule has 94 valence electrons. The van der Waals surface area contributed by atoms with Gasteiger partial charge in [0.1, 0.15) is 0 Å². The summed E-state index contributed by atoms with van der Waals surface area (Å²) < 4.78 is 10.3. The minimum atomic E-state index is -0.313. The number of hydrogen-bond donors (Lipinski definition) is 2. The average molecular weight is 247 g/mol. The van der Waals surface area contributed by atoms with Gasteiger partial charge in [0.05, 0.1) is 14.2 Å². The van der Waals surface area contributed by atoms with Gasteiger partial charge in [0.25, 0.3) is 5.91 Å². The number of amides is 1. The molecule has 18 heavy (non-hydrogen) atoms. The zero-order chi connectivity index (χ0) is 13.0. The fourth-order valence-corrected chi connectivity index (χ4v) is 1.49. The van der Waals surface area contributed by atoms with Gasteiger partial charge >= 0.3 is 0 Å². The van der Waals surface area contributed by atoms with Crippen molar-refractivity contribution in [2.45, 2.75) is 0 Å². The molecule has 2 aromatic rings. The SMILES string of the molecule is COc1ccc(NC(=O)c2ncc[nH]2)cc1OC. The van der Waals surface area contributed by atoms with E-state index < -0.39 is 0 Å². The lowest BCUT2D eigenvalue weighted by atomic mass is 10.2. The lowest BCUT2D eigenvalue weighted by molar-refractivity contribution is 0.101. The number of carbonyl (C=O) groups excluding carboxylic acids is 1. The number of benzene rings is 1. The Labute approximate surface area is 104 Å². The monoisotopic (exact) mass is 247 g/mol. The summed E-state index contributed by atoms with van der Waals surface area (Å²) in [6.45, 7) is 0. The number of ether oxygens (including phenoxy) is 2. The summed E-state index contributed by atoms with van der Waals surface area (Å²) in [7, 11) is 3.09. The Morgan fingerprint density at radius 3 is 2.67 bits per heavy atom. The molecule has 0 radical (unpaired) electrons. The van der Waals surface area contributed by atoms with Crippen molar-refractivity contribution in [2.75, 3.05) is 19.5 Å². The fraction of sp³-hybridized carbons (Fsp3) is 0.167. The molecule has 0 saturated carbocycles. The molecule has 2 rings (SSSR count). The maximum atomic E-state index is 11.8. The number of imidazole rings is 1. The Morgan fingerprint density at radius 2 is 2.06 bits per heavy atom. The number of anilines is 1. The smallest absolute Gasteiger partial charge is 0.291 e. The first-order valence-corrected chi connectivity index (χ1v) is 5.27. The molecular formula is C12H13N3O3. The summed E-state index contributed by atoms with van der Waals surface area (Å²) in [5.41, 5.74) is 0.606. The summed E-state index contributed by atoms with van der Waals surface area (Å²) in [5, 5.41) is 2.70. The largest absolute Gasteiger partial charge is 0.493 e. The van der Waals surface area contributed by atoms with Crippen LogP contribution in [0.2, 0.25) is 0 Å². The fourth-order valence-electron chi connectivity index (χ4n) is 1.49. The normalized spacial score (nSPS) is 9.89. The van der Waals surface area contributed by atoms with Gasteiger partial charge in [0.15, 0.2) is 17.3 Å². The van der Waals surface area contributed by atoms with Crippen LogP contribution in [0.25, 0.3) is 0 Å². The average Bonchev–Trinajstić information content (AvgIpc) is 2.92. The van der Waals surface area contributed by atoms with Crippen molar-refractivity contribution in [1.29, 1.82) is 0 Å². The van der Waals surface area contributed by atoms with Crippen LogP contribution in [-0.4, -0.2) is 30.1 Å². The van der Waals surface area contributed by atoms with Gasteiger partial charge in [-0.15, -0.1) is 0 Å². The number of H-pyrrole nitrogens is 1. The number of methoxy groups -OCH3 is 2. The number of aromatic nitrogens is 2. The molecule has 0 aliphatic rings. The third-order valence-corrected chi connectivity index (χ3v) is 2.35. The molecule has 0 fully saturated rings. The van der Waals surface area contributed by atoms with E-state index in [0.717, 1.165) is 0 Å². The predicted molar refractivity (Wildman–Crippen MR) is 66.1 cm³/mol. The molecule has 6 heteroatoms. The van der Waals surface area contributed by atoms with Gasteiger partial charge < -0.3 is 19.8 Å². The zero-order valence-corrected chi connectivity index (χ0v) is 10.1. The van der Waals surface area contributed by atoms with Crippen molar-refractivity contribution in [1.82, 2.24) is 9.97 Å². The van der Waals surface area contributed by atoms with E-state index in [1.165, 1.54) is 13.3 Å². The van der Waals surface area contributed by atoms with Crippen LogP contribution in [0.15, 0.2) is 30.6 Å². The molecule has 1 heterocycles. The molecule has 0 aliphatic carbocycles. The van der Waals surface area contributed by atoms with Crippen LogP contribution in [0.5, 0.6) is 11.5 Å². The minimum Gasteiger partial charge on any atom is -0.493 e. The summed E-state index contributed by atoms with van der Waals surface area (Å²) >= 11 is 0. The summed E-state index contributed by atoms with van der Waals surface area (Å²) in [4.78, 5) is 18.3. The number of nitrogens with zero attached hydrogens (tertiary/aromatic N) is 1. The Hall–Kier alpha value is -2.50. The highest BCUT2D eigenvalue weighted by atomic mass is 16.5. The van der Waals surface area contributed by atoms with E-state index in [9.17, 15) is 4.79 Å². The van der Waals surface area contributed by atoms with E-state index in [4.69, 9.17) is 9.47 Å². The van der Waals surface area contributed by atoms with Gasteiger partial charge in [0.2, 0.25) is 0 Å². The third kappa shape index (κ3) is 2.42. The quantitative estimate of drug-likeness (QED) is 0.861. The molecule has 6 nitrogen and oxygen atoms in total. The second-order valence-electron chi connectivity index (χ2n) is 3.46. The van der Waals surface area contributed by atoms with E-state index in [-0.39, 0.29) is 11.7 Å². The van der Waals surface area contributed by atoms with Gasteiger partial charge in [0, 0.05) is 24.1 Å². The molecule has 0 unspecified atom stereocenters. The summed E-state index contributed by atoms with van der Waals surface area (Å²) in [6.07, 6.45) is 3.10. The van der Waals surface area contributed by atoms with E-state index in [2.05, 4.69) is 15.3 Å². The second-order valence-corrected chi connectivity index (χ2v) is 3.46. The van der Waals surface area contributed by atoms with E-state index in [1.54, 1.807) is 31.5 Å². The first-order valence-electron chi connectivity index (χ1n) is 5.27. The van der Waals surface area contributed by atoms with Crippen molar-refractivity contribution in [2.24, 2.45) is 0 Å². The molecule has 0 saturated heterocycles.